The molecule has 6 nitrogen and oxygen atoms in total. The smallest absolute Gasteiger partial charge is 0.241 e. The summed E-state index contributed by atoms with van der Waals surface area (Å²) in [6.07, 6.45) is 5.29. The summed E-state index contributed by atoms with van der Waals surface area (Å²) in [6, 6.07) is 15.4. The second-order valence-corrected chi connectivity index (χ2v) is 4.93. The molecule has 4 aromatic rings. The fraction of sp³-hybridized carbons (Fsp3) is 0.0588. The van der Waals surface area contributed by atoms with Gasteiger partial charge in [0, 0.05) is 29.4 Å². The number of nitrogens with zero attached hydrogens (tertiary/aromatic N) is 5. The zero-order chi connectivity index (χ0) is 15.5. The van der Waals surface area contributed by atoms with E-state index in [0.717, 1.165) is 16.5 Å². The first kappa shape index (κ1) is 13.4. The van der Waals surface area contributed by atoms with Crippen LogP contribution in [0, 0.1) is 0 Å². The predicted octanol–water partition coefficient (Wildman–Crippen LogP) is 2.79. The number of hydrogen-bond donors (Lipinski definition) is 0. The Balaban J connectivity index is 1.73. The first-order valence-corrected chi connectivity index (χ1v) is 7.20. The Morgan fingerprint density at radius 1 is 0.870 bits per heavy atom. The lowest BCUT2D eigenvalue weighted by Crippen LogP contribution is -2.05. The Hall–Kier alpha value is -3.28. The second kappa shape index (κ2) is 5.84. The molecule has 112 valence electrons. The van der Waals surface area contributed by atoms with Gasteiger partial charge in [0.25, 0.3) is 0 Å². The van der Waals surface area contributed by atoms with Crippen LogP contribution >= 0.6 is 0 Å². The molecule has 0 N–H and O–H groups in total. The molecule has 0 spiro atoms. The molecule has 1 aromatic carbocycles. The van der Waals surface area contributed by atoms with Gasteiger partial charge >= 0.3 is 0 Å². The number of pyridine rings is 1. The van der Waals surface area contributed by atoms with Gasteiger partial charge in [-0.1, -0.05) is 24.3 Å². The molecule has 0 fully saturated rings. The van der Waals surface area contributed by atoms with Crippen LogP contribution in [-0.4, -0.2) is 25.0 Å². The van der Waals surface area contributed by atoms with Crippen molar-refractivity contribution in [3.63, 3.8) is 0 Å². The van der Waals surface area contributed by atoms with Crippen molar-refractivity contribution in [2.24, 2.45) is 0 Å². The Morgan fingerprint density at radius 3 is 2.52 bits per heavy atom. The molecule has 0 saturated heterocycles. The zero-order valence-electron chi connectivity index (χ0n) is 12.2. The summed E-state index contributed by atoms with van der Waals surface area (Å²) >= 11 is 0. The van der Waals surface area contributed by atoms with Gasteiger partial charge in [-0.2, -0.15) is 5.10 Å². The van der Waals surface area contributed by atoms with Crippen molar-refractivity contribution in [1.82, 2.24) is 25.0 Å². The van der Waals surface area contributed by atoms with Gasteiger partial charge in [0.05, 0.1) is 5.69 Å². The Labute approximate surface area is 132 Å². The molecular formula is C17H13N5O. The van der Waals surface area contributed by atoms with Crippen LogP contribution < -0.4 is 4.74 Å². The molecule has 0 unspecified atom stereocenters. The highest BCUT2D eigenvalue weighted by Gasteiger charge is 2.11. The number of aromatic nitrogens is 5. The van der Waals surface area contributed by atoms with Crippen LogP contribution in [0.25, 0.3) is 16.6 Å². The largest absolute Gasteiger partial charge is 0.470 e. The highest BCUT2D eigenvalue weighted by Crippen LogP contribution is 2.26. The number of ether oxygens (including phenoxy) is 1. The molecule has 6 heteroatoms. The second-order valence-electron chi connectivity index (χ2n) is 4.93. The third-order valence-corrected chi connectivity index (χ3v) is 3.44. The summed E-state index contributed by atoms with van der Waals surface area (Å²) in [7, 11) is 0. The van der Waals surface area contributed by atoms with Gasteiger partial charge < -0.3 is 4.74 Å². The normalized spacial score (nSPS) is 10.8. The summed E-state index contributed by atoms with van der Waals surface area (Å²) in [6.45, 7) is 0.348. The molecule has 0 aliphatic rings. The van der Waals surface area contributed by atoms with Gasteiger partial charge in [0.15, 0.2) is 5.82 Å². The van der Waals surface area contributed by atoms with Gasteiger partial charge in [-0.05, 0) is 24.3 Å². The van der Waals surface area contributed by atoms with Crippen molar-refractivity contribution >= 4 is 10.8 Å². The van der Waals surface area contributed by atoms with Gasteiger partial charge in [0.1, 0.15) is 6.61 Å². The minimum Gasteiger partial charge on any atom is -0.470 e. The average molecular weight is 303 g/mol. The fourth-order valence-electron chi connectivity index (χ4n) is 2.36. The number of fused-ring (bicyclic) bond motifs is 1. The van der Waals surface area contributed by atoms with Gasteiger partial charge in [-0.3, -0.25) is 4.98 Å². The van der Waals surface area contributed by atoms with Crippen LogP contribution in [-0.2, 0) is 6.61 Å². The van der Waals surface area contributed by atoms with Gasteiger partial charge in [0.2, 0.25) is 5.88 Å². The van der Waals surface area contributed by atoms with Crippen LogP contribution in [0.3, 0.4) is 0 Å². The van der Waals surface area contributed by atoms with Crippen LogP contribution in [0.1, 0.15) is 5.69 Å². The number of rotatable bonds is 4. The monoisotopic (exact) mass is 303 g/mol. The van der Waals surface area contributed by atoms with Gasteiger partial charge in [-0.25, -0.2) is 4.68 Å². The summed E-state index contributed by atoms with van der Waals surface area (Å²) < 4.78 is 7.50. The first-order valence-electron chi connectivity index (χ1n) is 7.20. The van der Waals surface area contributed by atoms with Crippen molar-refractivity contribution in [1.29, 1.82) is 0 Å². The summed E-state index contributed by atoms with van der Waals surface area (Å²) in [4.78, 5) is 4.24. The first-order chi connectivity index (χ1) is 11.4. The quantitative estimate of drug-likeness (QED) is 0.580. The maximum absolute atomic E-state index is 5.81. The van der Waals surface area contributed by atoms with E-state index in [1.165, 1.54) is 0 Å². The molecular weight excluding hydrogens is 290 g/mol. The molecule has 0 amide bonds. The maximum Gasteiger partial charge on any atom is 0.241 e. The molecule has 0 saturated carbocycles. The maximum atomic E-state index is 5.81. The third kappa shape index (κ3) is 2.62. The summed E-state index contributed by atoms with van der Waals surface area (Å²) in [5.74, 6) is 1.16. The number of hydrogen-bond acceptors (Lipinski definition) is 5. The van der Waals surface area contributed by atoms with Gasteiger partial charge in [-0.15, -0.1) is 10.2 Å². The van der Waals surface area contributed by atoms with Crippen molar-refractivity contribution in [2.75, 3.05) is 0 Å². The Morgan fingerprint density at radius 2 is 1.74 bits per heavy atom. The minimum absolute atomic E-state index is 0.348. The number of benzene rings is 1. The van der Waals surface area contributed by atoms with Crippen LogP contribution in [0.5, 0.6) is 5.88 Å². The molecule has 0 radical (unpaired) electrons. The van der Waals surface area contributed by atoms with E-state index < -0.39 is 0 Å². The molecule has 0 atom stereocenters. The molecule has 0 aliphatic carbocycles. The van der Waals surface area contributed by atoms with Crippen LogP contribution in [0.15, 0.2) is 67.1 Å². The molecule has 23 heavy (non-hydrogen) atoms. The van der Waals surface area contributed by atoms with Crippen LogP contribution in [0.4, 0.5) is 0 Å². The highest BCUT2D eigenvalue weighted by atomic mass is 16.5. The van der Waals surface area contributed by atoms with Crippen molar-refractivity contribution < 1.29 is 4.74 Å². The van der Waals surface area contributed by atoms with E-state index in [-0.39, 0.29) is 0 Å². The van der Waals surface area contributed by atoms with Crippen molar-refractivity contribution in [2.45, 2.75) is 6.61 Å². The van der Waals surface area contributed by atoms with Crippen LogP contribution in [0.2, 0.25) is 0 Å². The lowest BCUT2D eigenvalue weighted by Gasteiger charge is -2.10. The topological polar surface area (TPSA) is 65.7 Å². The lowest BCUT2D eigenvalue weighted by molar-refractivity contribution is 0.290. The lowest BCUT2D eigenvalue weighted by atomic mass is 10.2. The highest BCUT2D eigenvalue weighted by molar-refractivity contribution is 5.91. The molecule has 3 aromatic heterocycles. The molecule has 4 rings (SSSR count). The fourth-order valence-corrected chi connectivity index (χ4v) is 2.36. The van der Waals surface area contributed by atoms with E-state index in [4.69, 9.17) is 4.74 Å². The zero-order valence-corrected chi connectivity index (χ0v) is 12.2. The standard InChI is InChI=1S/C17H13N5O/c1-2-8-15-14(7-1)16(22-11-5-10-19-22)20-21-17(15)23-12-13-6-3-4-9-18-13/h1-11H,12H2. The third-order valence-electron chi connectivity index (χ3n) is 3.44. The SMILES string of the molecule is c1ccc(COc2nnc(-n3cccn3)c3ccccc23)nc1. The summed E-state index contributed by atoms with van der Waals surface area (Å²) in [5, 5.41) is 14.5. The van der Waals surface area contributed by atoms with E-state index in [1.54, 1.807) is 17.1 Å². The Kier molecular flexibility index (Phi) is 3.40. The van der Waals surface area contributed by atoms with E-state index >= 15 is 0 Å². The van der Waals surface area contributed by atoms with E-state index in [9.17, 15) is 0 Å². The average Bonchev–Trinajstić information content (AvgIpc) is 3.15. The predicted molar refractivity (Wildman–Crippen MR) is 85.2 cm³/mol. The minimum atomic E-state index is 0.348. The Bertz CT molecular complexity index is 922. The van der Waals surface area contributed by atoms with E-state index in [0.29, 0.717) is 18.3 Å². The molecule has 0 bridgehead atoms. The van der Waals surface area contributed by atoms with E-state index in [1.807, 2.05) is 54.7 Å². The van der Waals surface area contributed by atoms with Crippen molar-refractivity contribution in [3.05, 3.63) is 72.8 Å². The summed E-state index contributed by atoms with van der Waals surface area (Å²) in [5.41, 5.74) is 0.842. The van der Waals surface area contributed by atoms with E-state index in [2.05, 4.69) is 20.3 Å². The molecule has 3 heterocycles. The molecule has 0 aliphatic heterocycles. The van der Waals surface area contributed by atoms with Crippen molar-refractivity contribution in [3.8, 4) is 11.7 Å².